The molecular weight excluding hydrogens is 250 g/mol. The fraction of sp³-hybridized carbons (Fsp3) is 0.583. The lowest BCUT2D eigenvalue weighted by Gasteiger charge is -2.03. The summed E-state index contributed by atoms with van der Waals surface area (Å²) >= 11 is 1.96. The van der Waals surface area contributed by atoms with Crippen molar-refractivity contribution < 1.29 is 9.26 Å². The second-order valence-corrected chi connectivity index (χ2v) is 4.68. The van der Waals surface area contributed by atoms with Crippen LogP contribution in [0.2, 0.25) is 0 Å². The minimum atomic E-state index is 0.243. The Morgan fingerprint density at radius 2 is 2.44 bits per heavy atom. The van der Waals surface area contributed by atoms with E-state index in [1.54, 1.807) is 12.3 Å². The molecule has 6 heteroatoms. The fourth-order valence-electron chi connectivity index (χ4n) is 1.32. The van der Waals surface area contributed by atoms with Crippen LogP contribution in [0.4, 0.5) is 0 Å². The van der Waals surface area contributed by atoms with Crippen LogP contribution >= 0.6 is 11.8 Å². The Labute approximate surface area is 112 Å². The largest absolute Gasteiger partial charge is 0.365 e. The monoisotopic (exact) mass is 271 g/mol. The molecule has 2 aliphatic rings. The Balaban J connectivity index is 0.000000141. The molecule has 0 saturated carbocycles. The maximum atomic E-state index is 5.21. The van der Waals surface area contributed by atoms with Gasteiger partial charge in [-0.3, -0.25) is 5.32 Å². The lowest BCUT2D eigenvalue weighted by atomic mass is 10.4. The Hall–Kier alpha value is -0.820. The van der Waals surface area contributed by atoms with Crippen LogP contribution in [0.25, 0.3) is 0 Å². The summed E-state index contributed by atoms with van der Waals surface area (Å²) in [4.78, 5) is 0. The van der Waals surface area contributed by atoms with Gasteiger partial charge in [-0.2, -0.15) is 0 Å². The molecule has 0 amide bonds. The summed E-state index contributed by atoms with van der Waals surface area (Å²) < 4.78 is 9.54. The van der Waals surface area contributed by atoms with Gasteiger partial charge in [-0.1, -0.05) is 11.2 Å². The van der Waals surface area contributed by atoms with Gasteiger partial charge in [0.15, 0.2) is 0 Å². The number of ether oxygens (including phenoxy) is 1. The van der Waals surface area contributed by atoms with Gasteiger partial charge in [-0.15, -0.1) is 18.3 Å². The van der Waals surface area contributed by atoms with Gasteiger partial charge in [-0.25, -0.2) is 0 Å². The smallest absolute Gasteiger partial charge is 0.123 e. The molecule has 3 rings (SSSR count). The first kappa shape index (κ1) is 15.2. The molecule has 2 fully saturated rings. The molecule has 1 atom stereocenters. The van der Waals surface area contributed by atoms with Crippen molar-refractivity contribution in [2.75, 3.05) is 31.3 Å². The van der Waals surface area contributed by atoms with E-state index < -0.39 is 0 Å². The Morgan fingerprint density at radius 1 is 1.50 bits per heavy atom. The standard InChI is InChI=1S/C6H11NO.C3H3NO.C3H7NS/c1-2-3-6-7-4-5-8-6;1-2-4-5-3-1;1-2-5-3-4-1/h2,6-7H,1,3-5H2;1-3H;4H,1-3H2. The second kappa shape index (κ2) is 11.3. The second-order valence-electron chi connectivity index (χ2n) is 3.58. The van der Waals surface area contributed by atoms with Crippen LogP contribution in [0, 0.1) is 0 Å². The molecule has 102 valence electrons. The summed E-state index contributed by atoms with van der Waals surface area (Å²) in [7, 11) is 0. The zero-order valence-electron chi connectivity index (χ0n) is 10.5. The number of aromatic nitrogens is 1. The Morgan fingerprint density at radius 3 is 2.78 bits per heavy atom. The van der Waals surface area contributed by atoms with Gasteiger partial charge in [0.1, 0.15) is 12.5 Å². The third-order valence-electron chi connectivity index (χ3n) is 2.15. The normalized spacial score (nSPS) is 21.4. The molecule has 0 aromatic carbocycles. The molecule has 0 radical (unpaired) electrons. The Kier molecular flexibility index (Phi) is 9.55. The molecule has 0 aliphatic carbocycles. The molecule has 3 heterocycles. The van der Waals surface area contributed by atoms with Crippen LogP contribution in [0.5, 0.6) is 0 Å². The van der Waals surface area contributed by atoms with E-state index in [9.17, 15) is 0 Å². The van der Waals surface area contributed by atoms with Crippen molar-refractivity contribution >= 4 is 11.8 Å². The van der Waals surface area contributed by atoms with Gasteiger partial charge in [0.25, 0.3) is 0 Å². The van der Waals surface area contributed by atoms with E-state index in [1.807, 2.05) is 17.8 Å². The lowest BCUT2D eigenvalue weighted by Crippen LogP contribution is -2.21. The molecule has 1 unspecified atom stereocenters. The van der Waals surface area contributed by atoms with E-state index in [4.69, 9.17) is 4.74 Å². The van der Waals surface area contributed by atoms with Gasteiger partial charge < -0.3 is 14.6 Å². The van der Waals surface area contributed by atoms with E-state index in [-0.39, 0.29) is 6.23 Å². The first-order chi connectivity index (χ1) is 8.93. The van der Waals surface area contributed by atoms with Gasteiger partial charge in [0, 0.05) is 31.1 Å². The van der Waals surface area contributed by atoms with Crippen LogP contribution in [-0.2, 0) is 4.74 Å². The van der Waals surface area contributed by atoms with E-state index in [2.05, 4.69) is 26.9 Å². The van der Waals surface area contributed by atoms with Crippen LogP contribution in [0.1, 0.15) is 6.42 Å². The number of hydrogen-bond donors (Lipinski definition) is 2. The highest BCUT2D eigenvalue weighted by molar-refractivity contribution is 7.99. The molecule has 18 heavy (non-hydrogen) atoms. The summed E-state index contributed by atoms with van der Waals surface area (Å²) in [6.45, 7) is 6.65. The molecule has 5 nitrogen and oxygen atoms in total. The van der Waals surface area contributed by atoms with Crippen molar-refractivity contribution in [1.82, 2.24) is 15.8 Å². The predicted octanol–water partition coefficient (Wildman–Crippen LogP) is 1.46. The summed E-state index contributed by atoms with van der Waals surface area (Å²) in [5.41, 5.74) is 0. The minimum Gasteiger partial charge on any atom is -0.365 e. The fourth-order valence-corrected chi connectivity index (χ4v) is 2.04. The maximum Gasteiger partial charge on any atom is 0.123 e. The summed E-state index contributed by atoms with van der Waals surface area (Å²) in [6, 6.07) is 1.72. The summed E-state index contributed by atoms with van der Waals surface area (Å²) in [6.07, 6.45) is 6.12. The van der Waals surface area contributed by atoms with E-state index in [0.717, 1.165) is 19.6 Å². The first-order valence-electron chi connectivity index (χ1n) is 6.02. The highest BCUT2D eigenvalue weighted by atomic mass is 32.2. The third-order valence-corrected chi connectivity index (χ3v) is 3.05. The maximum absolute atomic E-state index is 5.21. The zero-order valence-corrected chi connectivity index (χ0v) is 11.3. The van der Waals surface area contributed by atoms with Crippen molar-refractivity contribution in [2.45, 2.75) is 12.6 Å². The van der Waals surface area contributed by atoms with Gasteiger partial charge >= 0.3 is 0 Å². The topological polar surface area (TPSA) is 59.3 Å². The number of nitrogens with one attached hydrogen (secondary N) is 2. The highest BCUT2D eigenvalue weighted by Crippen LogP contribution is 2.00. The van der Waals surface area contributed by atoms with E-state index in [0.29, 0.717) is 0 Å². The quantitative estimate of drug-likeness (QED) is 0.794. The summed E-state index contributed by atoms with van der Waals surface area (Å²) in [5.74, 6) is 2.47. The van der Waals surface area contributed by atoms with Crippen molar-refractivity contribution in [3.8, 4) is 0 Å². The third kappa shape index (κ3) is 8.30. The van der Waals surface area contributed by atoms with Gasteiger partial charge in [0.2, 0.25) is 0 Å². The van der Waals surface area contributed by atoms with Crippen LogP contribution in [0.15, 0.2) is 35.7 Å². The van der Waals surface area contributed by atoms with Crippen molar-refractivity contribution in [1.29, 1.82) is 0 Å². The van der Waals surface area contributed by atoms with Crippen LogP contribution in [0.3, 0.4) is 0 Å². The SMILES string of the molecule is C1CSCN1.C=CCC1NCCO1.c1cnoc1. The Bertz CT molecular complexity index is 248. The zero-order chi connectivity index (χ0) is 12.9. The van der Waals surface area contributed by atoms with Gasteiger partial charge in [0.05, 0.1) is 12.8 Å². The van der Waals surface area contributed by atoms with Crippen LogP contribution in [-0.4, -0.2) is 42.7 Å². The molecule has 2 aliphatic heterocycles. The van der Waals surface area contributed by atoms with Crippen molar-refractivity contribution in [3.05, 3.63) is 31.2 Å². The van der Waals surface area contributed by atoms with Crippen molar-refractivity contribution in [2.24, 2.45) is 0 Å². The van der Waals surface area contributed by atoms with Crippen LogP contribution < -0.4 is 10.6 Å². The number of thioether (sulfide) groups is 1. The molecular formula is C12H21N3O2S. The van der Waals surface area contributed by atoms with E-state index in [1.165, 1.54) is 24.4 Å². The predicted molar refractivity (Wildman–Crippen MR) is 74.4 cm³/mol. The summed E-state index contributed by atoms with van der Waals surface area (Å²) in [5, 5.41) is 9.70. The lowest BCUT2D eigenvalue weighted by molar-refractivity contribution is 0.104. The van der Waals surface area contributed by atoms with Gasteiger partial charge in [-0.05, 0) is 6.07 Å². The van der Waals surface area contributed by atoms with Crippen molar-refractivity contribution in [3.63, 3.8) is 0 Å². The first-order valence-corrected chi connectivity index (χ1v) is 7.17. The molecule has 1 aromatic heterocycles. The average Bonchev–Trinajstić information content (AvgIpc) is 3.17. The number of hydrogen-bond acceptors (Lipinski definition) is 6. The average molecular weight is 271 g/mol. The molecule has 0 spiro atoms. The minimum absolute atomic E-state index is 0.243. The number of nitrogens with zero attached hydrogens (tertiary/aromatic N) is 1. The molecule has 1 aromatic rings. The van der Waals surface area contributed by atoms with E-state index >= 15 is 0 Å². The molecule has 2 saturated heterocycles. The number of rotatable bonds is 2. The highest BCUT2D eigenvalue weighted by Gasteiger charge is 2.10. The molecule has 0 bridgehead atoms. The molecule has 2 N–H and O–H groups in total.